The number of nitrogens with zero attached hydrogens (tertiary/aromatic N) is 2. The monoisotopic (exact) mass is 287 g/mol. The number of aromatic amines is 1. The van der Waals surface area contributed by atoms with Gasteiger partial charge in [0.2, 0.25) is 0 Å². The summed E-state index contributed by atoms with van der Waals surface area (Å²) in [5, 5.41) is 6.05. The molecule has 1 aromatic heterocycles. The second-order valence-electron chi connectivity index (χ2n) is 4.51. The average molecular weight is 287 g/mol. The van der Waals surface area contributed by atoms with E-state index in [0.29, 0.717) is 19.7 Å². The summed E-state index contributed by atoms with van der Waals surface area (Å²) in [6.45, 7) is 1.34. The molecule has 0 aliphatic rings. The van der Waals surface area contributed by atoms with Crippen LogP contribution in [0.1, 0.15) is 16.1 Å². The van der Waals surface area contributed by atoms with Crippen LogP contribution in [-0.4, -0.2) is 41.3 Å². The number of hydrogen-bond acceptors (Lipinski definition) is 4. The summed E-state index contributed by atoms with van der Waals surface area (Å²) in [5.74, 6) is -0.243. The number of amides is 1. The highest BCUT2D eigenvalue weighted by atomic mass is 16.5. The van der Waals surface area contributed by atoms with Gasteiger partial charge in [-0.1, -0.05) is 30.3 Å². The Morgan fingerprint density at radius 2 is 2.00 bits per heavy atom. The Morgan fingerprint density at radius 3 is 2.62 bits per heavy atom. The van der Waals surface area contributed by atoms with Crippen molar-refractivity contribution in [3.8, 4) is 0 Å². The molecule has 0 radical (unpaired) electrons. The van der Waals surface area contributed by atoms with E-state index in [4.69, 9.17) is 4.74 Å². The predicted octanol–water partition coefficient (Wildman–Crippen LogP) is 1.06. The normalized spacial score (nSPS) is 10.3. The number of aromatic nitrogens is 2. The fourth-order valence-electron chi connectivity index (χ4n) is 1.88. The first-order chi connectivity index (χ1) is 10.2. The van der Waals surface area contributed by atoms with E-state index in [1.54, 1.807) is 12.0 Å². The van der Waals surface area contributed by atoms with E-state index in [0.717, 1.165) is 5.56 Å². The molecule has 0 aliphatic heterocycles. The van der Waals surface area contributed by atoms with E-state index < -0.39 is 0 Å². The molecule has 6 heteroatoms. The Kier molecular flexibility index (Phi) is 5.22. The lowest BCUT2D eigenvalue weighted by Crippen LogP contribution is -2.34. The number of methoxy groups -OCH3 is 1. The van der Waals surface area contributed by atoms with Crippen LogP contribution < -0.4 is 5.56 Å². The molecule has 0 aliphatic carbocycles. The highest BCUT2D eigenvalue weighted by molar-refractivity contribution is 5.92. The molecule has 0 saturated carbocycles. The van der Waals surface area contributed by atoms with Gasteiger partial charge in [0.1, 0.15) is 5.69 Å². The van der Waals surface area contributed by atoms with Crippen LogP contribution in [0.15, 0.2) is 47.3 Å². The number of H-pyrrole nitrogens is 1. The van der Waals surface area contributed by atoms with Crippen LogP contribution in [0.3, 0.4) is 0 Å². The maximum absolute atomic E-state index is 12.5. The lowest BCUT2D eigenvalue weighted by molar-refractivity contribution is 0.0673. The van der Waals surface area contributed by atoms with Crippen LogP contribution in [0.4, 0.5) is 0 Å². The van der Waals surface area contributed by atoms with Gasteiger partial charge in [-0.15, -0.1) is 0 Å². The van der Waals surface area contributed by atoms with Crippen molar-refractivity contribution in [3.63, 3.8) is 0 Å². The van der Waals surface area contributed by atoms with Gasteiger partial charge in [0.25, 0.3) is 11.5 Å². The predicted molar refractivity (Wildman–Crippen MR) is 77.9 cm³/mol. The van der Waals surface area contributed by atoms with Crippen LogP contribution in [0.5, 0.6) is 0 Å². The molecule has 6 nitrogen and oxygen atoms in total. The highest BCUT2D eigenvalue weighted by Gasteiger charge is 2.17. The lowest BCUT2D eigenvalue weighted by atomic mass is 10.2. The molecule has 1 aromatic carbocycles. The largest absolute Gasteiger partial charge is 0.383 e. The van der Waals surface area contributed by atoms with E-state index >= 15 is 0 Å². The summed E-state index contributed by atoms with van der Waals surface area (Å²) in [7, 11) is 1.59. The standard InChI is InChI=1S/C15H17N3O3/c1-21-10-9-18(11-12-5-3-2-4-6-12)15(20)13-7-8-14(19)17-16-13/h2-8H,9-11H2,1H3,(H,17,19). The first kappa shape index (κ1) is 14.9. The third kappa shape index (κ3) is 4.25. The quantitative estimate of drug-likeness (QED) is 0.862. The Labute approximate surface area is 122 Å². The van der Waals surface area contributed by atoms with Crippen molar-refractivity contribution >= 4 is 5.91 Å². The second kappa shape index (κ2) is 7.35. The van der Waals surface area contributed by atoms with Crippen molar-refractivity contribution in [1.82, 2.24) is 15.1 Å². The Hall–Kier alpha value is -2.47. The Morgan fingerprint density at radius 1 is 1.24 bits per heavy atom. The van der Waals surface area contributed by atoms with Gasteiger partial charge < -0.3 is 9.64 Å². The van der Waals surface area contributed by atoms with Gasteiger partial charge in [-0.05, 0) is 11.6 Å². The van der Waals surface area contributed by atoms with E-state index in [1.807, 2.05) is 30.3 Å². The van der Waals surface area contributed by atoms with Gasteiger partial charge in [-0.3, -0.25) is 9.59 Å². The highest BCUT2D eigenvalue weighted by Crippen LogP contribution is 2.07. The fourth-order valence-corrected chi connectivity index (χ4v) is 1.88. The number of benzene rings is 1. The third-order valence-electron chi connectivity index (χ3n) is 2.97. The van der Waals surface area contributed by atoms with Crippen molar-refractivity contribution in [2.24, 2.45) is 0 Å². The number of carbonyl (C=O) groups is 1. The zero-order chi connectivity index (χ0) is 15.1. The summed E-state index contributed by atoms with van der Waals surface area (Å²) in [4.78, 5) is 25.1. The van der Waals surface area contributed by atoms with Gasteiger partial charge in [-0.25, -0.2) is 5.10 Å². The maximum atomic E-state index is 12.5. The summed E-state index contributed by atoms with van der Waals surface area (Å²) in [6.07, 6.45) is 0. The minimum atomic E-state index is -0.335. The molecule has 1 amide bonds. The third-order valence-corrected chi connectivity index (χ3v) is 2.97. The van der Waals surface area contributed by atoms with Crippen LogP contribution in [-0.2, 0) is 11.3 Å². The molecule has 2 aromatic rings. The molecule has 1 heterocycles. The molecule has 2 rings (SSSR count). The van der Waals surface area contributed by atoms with Crippen molar-refractivity contribution in [2.45, 2.75) is 6.54 Å². The number of nitrogens with one attached hydrogen (secondary N) is 1. The Balaban J connectivity index is 2.16. The minimum Gasteiger partial charge on any atom is -0.383 e. The van der Waals surface area contributed by atoms with Crippen LogP contribution in [0.2, 0.25) is 0 Å². The molecular weight excluding hydrogens is 270 g/mol. The minimum absolute atomic E-state index is 0.210. The lowest BCUT2D eigenvalue weighted by Gasteiger charge is -2.22. The first-order valence-corrected chi connectivity index (χ1v) is 6.58. The van der Waals surface area contributed by atoms with Crippen molar-refractivity contribution in [2.75, 3.05) is 20.3 Å². The number of hydrogen-bond donors (Lipinski definition) is 1. The molecule has 0 spiro atoms. The number of ether oxygens (including phenoxy) is 1. The Bertz CT molecular complexity index is 620. The maximum Gasteiger partial charge on any atom is 0.274 e. The summed E-state index contributed by atoms with van der Waals surface area (Å²) in [5.41, 5.74) is 0.895. The first-order valence-electron chi connectivity index (χ1n) is 6.58. The van der Waals surface area contributed by atoms with Crippen molar-refractivity contribution in [1.29, 1.82) is 0 Å². The second-order valence-corrected chi connectivity index (χ2v) is 4.51. The smallest absolute Gasteiger partial charge is 0.274 e. The van der Waals surface area contributed by atoms with Gasteiger partial charge in [0, 0.05) is 26.3 Å². The average Bonchev–Trinajstić information content (AvgIpc) is 2.52. The van der Waals surface area contributed by atoms with Gasteiger partial charge in [-0.2, -0.15) is 5.10 Å². The van der Waals surface area contributed by atoms with Gasteiger partial charge >= 0.3 is 0 Å². The summed E-state index contributed by atoms with van der Waals surface area (Å²) < 4.78 is 5.04. The molecular formula is C15H17N3O3. The van der Waals surface area contributed by atoms with E-state index in [-0.39, 0.29) is 17.2 Å². The van der Waals surface area contributed by atoms with E-state index in [9.17, 15) is 9.59 Å². The molecule has 0 unspecified atom stereocenters. The molecule has 0 saturated heterocycles. The zero-order valence-corrected chi connectivity index (χ0v) is 11.8. The van der Waals surface area contributed by atoms with Crippen molar-refractivity contribution in [3.05, 3.63) is 64.1 Å². The fraction of sp³-hybridized carbons (Fsp3) is 0.267. The van der Waals surface area contributed by atoms with Crippen LogP contribution >= 0.6 is 0 Å². The van der Waals surface area contributed by atoms with Gasteiger partial charge in [0.05, 0.1) is 6.61 Å². The van der Waals surface area contributed by atoms with E-state index in [2.05, 4.69) is 10.2 Å². The topological polar surface area (TPSA) is 75.3 Å². The SMILES string of the molecule is COCCN(Cc1ccccc1)C(=O)c1ccc(=O)[nH]n1. The molecule has 21 heavy (non-hydrogen) atoms. The molecule has 0 fully saturated rings. The molecule has 0 bridgehead atoms. The van der Waals surface area contributed by atoms with Gasteiger partial charge in [0.15, 0.2) is 0 Å². The van der Waals surface area contributed by atoms with Crippen LogP contribution in [0, 0.1) is 0 Å². The molecule has 1 N–H and O–H groups in total. The van der Waals surface area contributed by atoms with Crippen molar-refractivity contribution < 1.29 is 9.53 Å². The number of rotatable bonds is 6. The van der Waals surface area contributed by atoms with Crippen LogP contribution in [0.25, 0.3) is 0 Å². The molecule has 110 valence electrons. The number of carbonyl (C=O) groups excluding carboxylic acids is 1. The molecule has 0 atom stereocenters. The summed E-state index contributed by atoms with van der Waals surface area (Å²) >= 11 is 0. The zero-order valence-electron chi connectivity index (χ0n) is 11.8. The summed E-state index contributed by atoms with van der Waals surface area (Å²) in [6, 6.07) is 12.4. The van der Waals surface area contributed by atoms with E-state index in [1.165, 1.54) is 12.1 Å².